The molecule has 0 bridgehead atoms. The van der Waals surface area contributed by atoms with E-state index < -0.39 is 16.9 Å². The molecule has 5 nitrogen and oxygen atoms in total. The molecule has 0 aliphatic heterocycles. The van der Waals surface area contributed by atoms with E-state index in [4.69, 9.17) is 0 Å². The molecular formula is C14H16F2N4OS. The number of hydrogen-bond acceptors (Lipinski definition) is 4. The number of anilines is 1. The minimum atomic E-state index is -1.00. The van der Waals surface area contributed by atoms with E-state index in [1.54, 1.807) is 13.3 Å². The Morgan fingerprint density at radius 3 is 2.64 bits per heavy atom. The number of nitrogens with zero attached hydrogens (tertiary/aromatic N) is 3. The topological polar surface area (TPSA) is 59.8 Å². The van der Waals surface area contributed by atoms with Crippen LogP contribution < -0.4 is 5.32 Å². The molecule has 2 aromatic rings. The number of carbonyl (C=O) groups excluding carboxylic acids is 1. The molecular weight excluding hydrogens is 310 g/mol. The minimum Gasteiger partial charge on any atom is -0.325 e. The molecule has 1 N–H and O–H groups in total. The standard InChI is InChI=1S/C14H16F2N4OS/c1-8(2)20-7-17-19-14(20)22-9(3)13(21)18-10-4-5-11(15)12(16)6-10/h4-9H,1-3H3,(H,18,21)/t9-/m0/s1. The van der Waals surface area contributed by atoms with Crippen LogP contribution in [0.1, 0.15) is 26.8 Å². The van der Waals surface area contributed by atoms with Crippen LogP contribution in [0, 0.1) is 11.6 Å². The van der Waals surface area contributed by atoms with Gasteiger partial charge < -0.3 is 9.88 Å². The molecule has 0 saturated carbocycles. The van der Waals surface area contributed by atoms with E-state index in [2.05, 4.69) is 15.5 Å². The summed E-state index contributed by atoms with van der Waals surface area (Å²) in [5.41, 5.74) is 0.210. The Bertz CT molecular complexity index is 675. The van der Waals surface area contributed by atoms with Crippen LogP contribution in [-0.2, 0) is 4.79 Å². The first-order valence-corrected chi connectivity index (χ1v) is 7.58. The highest BCUT2D eigenvalue weighted by Gasteiger charge is 2.19. The number of aromatic nitrogens is 3. The Morgan fingerprint density at radius 2 is 2.00 bits per heavy atom. The maximum absolute atomic E-state index is 13.1. The van der Waals surface area contributed by atoms with E-state index in [0.717, 1.165) is 12.1 Å². The first kappa shape index (κ1) is 16.4. The van der Waals surface area contributed by atoms with E-state index in [0.29, 0.717) is 5.16 Å². The van der Waals surface area contributed by atoms with Crippen molar-refractivity contribution < 1.29 is 13.6 Å². The van der Waals surface area contributed by atoms with Crippen molar-refractivity contribution in [1.29, 1.82) is 0 Å². The van der Waals surface area contributed by atoms with Crippen molar-refractivity contribution in [3.8, 4) is 0 Å². The average Bonchev–Trinajstić information content (AvgIpc) is 2.91. The van der Waals surface area contributed by atoms with Gasteiger partial charge in [0.05, 0.1) is 5.25 Å². The molecule has 0 spiro atoms. The summed E-state index contributed by atoms with van der Waals surface area (Å²) in [5.74, 6) is -2.28. The number of hydrogen-bond donors (Lipinski definition) is 1. The third-order valence-electron chi connectivity index (χ3n) is 2.94. The fourth-order valence-electron chi connectivity index (χ4n) is 1.70. The summed E-state index contributed by atoms with van der Waals surface area (Å²) in [4.78, 5) is 12.1. The van der Waals surface area contributed by atoms with Gasteiger partial charge in [0.15, 0.2) is 16.8 Å². The van der Waals surface area contributed by atoms with Crippen molar-refractivity contribution in [2.75, 3.05) is 5.32 Å². The highest BCUT2D eigenvalue weighted by molar-refractivity contribution is 8.00. The quantitative estimate of drug-likeness (QED) is 0.857. The number of nitrogens with one attached hydrogen (secondary N) is 1. The van der Waals surface area contributed by atoms with Gasteiger partial charge in [-0.25, -0.2) is 8.78 Å². The lowest BCUT2D eigenvalue weighted by molar-refractivity contribution is -0.115. The highest BCUT2D eigenvalue weighted by atomic mass is 32.2. The van der Waals surface area contributed by atoms with E-state index in [1.807, 2.05) is 18.4 Å². The lowest BCUT2D eigenvalue weighted by atomic mass is 10.3. The SMILES string of the molecule is CC(C)n1cnnc1S[C@@H](C)C(=O)Nc1ccc(F)c(F)c1. The monoisotopic (exact) mass is 326 g/mol. The van der Waals surface area contributed by atoms with E-state index in [-0.39, 0.29) is 17.6 Å². The van der Waals surface area contributed by atoms with Crippen LogP contribution in [0.15, 0.2) is 29.7 Å². The second-order valence-electron chi connectivity index (χ2n) is 4.99. The van der Waals surface area contributed by atoms with Crippen LogP contribution in [0.4, 0.5) is 14.5 Å². The molecule has 0 aliphatic carbocycles. The first-order chi connectivity index (χ1) is 10.4. The van der Waals surface area contributed by atoms with Gasteiger partial charge in [0.1, 0.15) is 6.33 Å². The lowest BCUT2D eigenvalue weighted by Gasteiger charge is -2.14. The minimum absolute atomic E-state index is 0.180. The van der Waals surface area contributed by atoms with Crippen LogP contribution in [0.2, 0.25) is 0 Å². The zero-order chi connectivity index (χ0) is 16.3. The third-order valence-corrected chi connectivity index (χ3v) is 4.01. The molecule has 1 aromatic heterocycles. The van der Waals surface area contributed by atoms with Gasteiger partial charge in [0.25, 0.3) is 0 Å². The molecule has 0 unspecified atom stereocenters. The van der Waals surface area contributed by atoms with Gasteiger partial charge in [0.2, 0.25) is 5.91 Å². The largest absolute Gasteiger partial charge is 0.325 e. The van der Waals surface area contributed by atoms with Gasteiger partial charge in [-0.15, -0.1) is 10.2 Å². The number of carbonyl (C=O) groups is 1. The van der Waals surface area contributed by atoms with Crippen LogP contribution >= 0.6 is 11.8 Å². The summed E-state index contributed by atoms with van der Waals surface area (Å²) in [5, 5.41) is 10.5. The molecule has 2 rings (SSSR count). The molecule has 0 saturated heterocycles. The smallest absolute Gasteiger partial charge is 0.237 e. The summed E-state index contributed by atoms with van der Waals surface area (Å²) < 4.78 is 27.8. The second-order valence-corrected chi connectivity index (χ2v) is 6.30. The molecule has 1 amide bonds. The predicted octanol–water partition coefficient (Wildman–Crippen LogP) is 3.26. The predicted molar refractivity (Wildman–Crippen MR) is 80.7 cm³/mol. The zero-order valence-corrected chi connectivity index (χ0v) is 13.2. The van der Waals surface area contributed by atoms with Crippen molar-refractivity contribution in [3.05, 3.63) is 36.2 Å². The van der Waals surface area contributed by atoms with Crippen molar-refractivity contribution >= 4 is 23.4 Å². The average molecular weight is 326 g/mol. The van der Waals surface area contributed by atoms with Crippen molar-refractivity contribution in [3.63, 3.8) is 0 Å². The molecule has 8 heteroatoms. The second kappa shape index (κ2) is 6.87. The zero-order valence-electron chi connectivity index (χ0n) is 12.4. The van der Waals surface area contributed by atoms with Gasteiger partial charge in [-0.05, 0) is 32.9 Å². The molecule has 0 aliphatic rings. The van der Waals surface area contributed by atoms with Crippen LogP contribution in [-0.4, -0.2) is 25.9 Å². The fraction of sp³-hybridized carbons (Fsp3) is 0.357. The number of amides is 1. The van der Waals surface area contributed by atoms with E-state index >= 15 is 0 Å². The summed E-state index contributed by atoms with van der Waals surface area (Å²) in [6.07, 6.45) is 1.60. The Hall–Kier alpha value is -1.96. The maximum atomic E-state index is 13.1. The number of halogens is 2. The highest BCUT2D eigenvalue weighted by Crippen LogP contribution is 2.24. The Labute approximate surface area is 131 Å². The van der Waals surface area contributed by atoms with Gasteiger partial charge in [-0.3, -0.25) is 4.79 Å². The Balaban J connectivity index is 2.02. The van der Waals surface area contributed by atoms with Crippen molar-refractivity contribution in [2.24, 2.45) is 0 Å². The number of rotatable bonds is 5. The molecule has 0 radical (unpaired) electrons. The van der Waals surface area contributed by atoms with Crippen LogP contribution in [0.5, 0.6) is 0 Å². The van der Waals surface area contributed by atoms with Gasteiger partial charge in [-0.1, -0.05) is 11.8 Å². The van der Waals surface area contributed by atoms with Crippen LogP contribution in [0.3, 0.4) is 0 Å². The van der Waals surface area contributed by atoms with E-state index in [1.165, 1.54) is 17.8 Å². The van der Waals surface area contributed by atoms with Crippen molar-refractivity contribution in [2.45, 2.75) is 37.2 Å². The van der Waals surface area contributed by atoms with Gasteiger partial charge in [-0.2, -0.15) is 0 Å². The molecule has 0 fully saturated rings. The molecule has 1 atom stereocenters. The summed E-state index contributed by atoms with van der Waals surface area (Å²) in [6.45, 7) is 5.68. The number of thioether (sulfide) groups is 1. The summed E-state index contributed by atoms with van der Waals surface area (Å²) in [7, 11) is 0. The Morgan fingerprint density at radius 1 is 1.27 bits per heavy atom. The normalized spacial score (nSPS) is 12.5. The molecule has 1 heterocycles. The first-order valence-electron chi connectivity index (χ1n) is 6.70. The van der Waals surface area contributed by atoms with Gasteiger partial charge >= 0.3 is 0 Å². The Kier molecular flexibility index (Phi) is 5.12. The molecule has 118 valence electrons. The lowest BCUT2D eigenvalue weighted by Crippen LogP contribution is -2.23. The van der Waals surface area contributed by atoms with Gasteiger partial charge in [0, 0.05) is 17.8 Å². The number of benzene rings is 1. The summed E-state index contributed by atoms with van der Waals surface area (Å²) >= 11 is 1.25. The third kappa shape index (κ3) is 3.82. The summed E-state index contributed by atoms with van der Waals surface area (Å²) in [6, 6.07) is 3.41. The molecule has 22 heavy (non-hydrogen) atoms. The molecule has 1 aromatic carbocycles. The fourth-order valence-corrected chi connectivity index (χ4v) is 2.66. The van der Waals surface area contributed by atoms with E-state index in [9.17, 15) is 13.6 Å². The maximum Gasteiger partial charge on any atom is 0.237 e. The van der Waals surface area contributed by atoms with Crippen LogP contribution in [0.25, 0.3) is 0 Å². The van der Waals surface area contributed by atoms with Crippen molar-refractivity contribution in [1.82, 2.24) is 14.8 Å².